The summed E-state index contributed by atoms with van der Waals surface area (Å²) in [5, 5.41) is 0. The molecule has 1 aromatic heterocycles. The lowest BCUT2D eigenvalue weighted by atomic mass is 10.1. The van der Waals surface area contributed by atoms with Crippen LogP contribution < -0.4 is 10.6 Å². The molecule has 4 heteroatoms. The number of aromatic nitrogens is 1. The fraction of sp³-hybridized carbons (Fsp3) is 0.643. The molecule has 0 amide bonds. The Balaban J connectivity index is 1.98. The fourth-order valence-electron chi connectivity index (χ4n) is 2.33. The zero-order chi connectivity index (χ0) is 13.0. The summed E-state index contributed by atoms with van der Waals surface area (Å²) in [6.07, 6.45) is 2.88. The number of rotatable bonds is 4. The molecular formula is C14H24N4. The zero-order valence-electron chi connectivity index (χ0n) is 11.5. The molecule has 1 aromatic rings. The molecule has 0 saturated carbocycles. The summed E-state index contributed by atoms with van der Waals surface area (Å²) in [6, 6.07) is 4.33. The molecule has 2 rings (SSSR count). The molecule has 0 unspecified atom stereocenters. The maximum atomic E-state index is 6.00. The predicted molar refractivity (Wildman–Crippen MR) is 75.8 cm³/mol. The summed E-state index contributed by atoms with van der Waals surface area (Å²) in [4.78, 5) is 9.37. The summed E-state index contributed by atoms with van der Waals surface area (Å²) in [5.41, 5.74) is 7.13. The third-order valence-corrected chi connectivity index (χ3v) is 3.78. The van der Waals surface area contributed by atoms with Gasteiger partial charge >= 0.3 is 0 Å². The van der Waals surface area contributed by atoms with Crippen LogP contribution in [0, 0.1) is 0 Å². The van der Waals surface area contributed by atoms with E-state index in [0.29, 0.717) is 0 Å². The van der Waals surface area contributed by atoms with Crippen LogP contribution in [0.1, 0.15) is 31.9 Å². The van der Waals surface area contributed by atoms with Crippen LogP contribution in [-0.4, -0.2) is 42.6 Å². The van der Waals surface area contributed by atoms with Crippen molar-refractivity contribution in [3.63, 3.8) is 0 Å². The van der Waals surface area contributed by atoms with Crippen LogP contribution in [0.5, 0.6) is 0 Å². The van der Waals surface area contributed by atoms with Crippen molar-refractivity contribution in [1.29, 1.82) is 0 Å². The largest absolute Gasteiger partial charge is 0.354 e. The lowest BCUT2D eigenvalue weighted by molar-refractivity contribution is 0.270. The Bertz CT molecular complexity index is 355. The molecule has 1 fully saturated rings. The number of likely N-dealkylation sites (N-methyl/N-ethyl adjacent to an activating group) is 1. The quantitative estimate of drug-likeness (QED) is 0.880. The second kappa shape index (κ2) is 6.16. The van der Waals surface area contributed by atoms with Gasteiger partial charge < -0.3 is 15.5 Å². The molecule has 0 radical (unpaired) electrons. The SMILES string of the molecule is CC[C@@H](N)c1ccc(N2CCN(CC)CC2)nc1. The molecule has 1 aliphatic heterocycles. The maximum Gasteiger partial charge on any atom is 0.128 e. The number of pyridine rings is 1. The molecule has 1 saturated heterocycles. The first-order valence-corrected chi connectivity index (χ1v) is 6.93. The van der Waals surface area contributed by atoms with E-state index >= 15 is 0 Å². The number of piperazine rings is 1. The summed E-state index contributed by atoms with van der Waals surface area (Å²) < 4.78 is 0. The van der Waals surface area contributed by atoms with E-state index in [1.807, 2.05) is 6.20 Å². The van der Waals surface area contributed by atoms with Gasteiger partial charge in [0.1, 0.15) is 5.82 Å². The molecule has 2 heterocycles. The Kier molecular flexibility index (Phi) is 4.55. The van der Waals surface area contributed by atoms with Crippen molar-refractivity contribution >= 4 is 5.82 Å². The Labute approximate surface area is 110 Å². The minimum Gasteiger partial charge on any atom is -0.354 e. The molecule has 100 valence electrons. The maximum absolute atomic E-state index is 6.00. The molecule has 2 N–H and O–H groups in total. The van der Waals surface area contributed by atoms with Crippen LogP contribution >= 0.6 is 0 Å². The Hall–Kier alpha value is -1.13. The lowest BCUT2D eigenvalue weighted by Crippen LogP contribution is -2.46. The van der Waals surface area contributed by atoms with Crippen LogP contribution in [0.25, 0.3) is 0 Å². The second-order valence-electron chi connectivity index (χ2n) is 4.89. The third kappa shape index (κ3) is 3.00. The molecule has 18 heavy (non-hydrogen) atoms. The van der Waals surface area contributed by atoms with Gasteiger partial charge in [-0.1, -0.05) is 19.9 Å². The van der Waals surface area contributed by atoms with Crippen LogP contribution in [0.4, 0.5) is 5.82 Å². The highest BCUT2D eigenvalue weighted by molar-refractivity contribution is 5.40. The number of nitrogens with two attached hydrogens (primary N) is 1. The number of hydrogen-bond acceptors (Lipinski definition) is 4. The van der Waals surface area contributed by atoms with Gasteiger partial charge in [-0.15, -0.1) is 0 Å². The molecule has 1 aliphatic rings. The summed E-state index contributed by atoms with van der Waals surface area (Å²) >= 11 is 0. The van der Waals surface area contributed by atoms with Gasteiger partial charge in [-0.05, 0) is 24.6 Å². The second-order valence-corrected chi connectivity index (χ2v) is 4.89. The van der Waals surface area contributed by atoms with Gasteiger partial charge in [0.25, 0.3) is 0 Å². The van der Waals surface area contributed by atoms with Crippen LogP contribution in [0.2, 0.25) is 0 Å². The zero-order valence-corrected chi connectivity index (χ0v) is 11.5. The average molecular weight is 248 g/mol. The number of anilines is 1. The van der Waals surface area contributed by atoms with Crippen molar-refractivity contribution in [2.24, 2.45) is 5.73 Å². The van der Waals surface area contributed by atoms with Gasteiger partial charge in [0.15, 0.2) is 0 Å². The highest BCUT2D eigenvalue weighted by Gasteiger charge is 2.16. The molecule has 1 atom stereocenters. The highest BCUT2D eigenvalue weighted by Crippen LogP contribution is 2.17. The van der Waals surface area contributed by atoms with Crippen molar-refractivity contribution in [3.8, 4) is 0 Å². The molecule has 0 bridgehead atoms. The lowest BCUT2D eigenvalue weighted by Gasteiger charge is -2.34. The van der Waals surface area contributed by atoms with E-state index in [0.717, 1.165) is 50.5 Å². The average Bonchev–Trinajstić information content (AvgIpc) is 2.47. The van der Waals surface area contributed by atoms with Crippen LogP contribution in [-0.2, 0) is 0 Å². The standard InChI is InChI=1S/C14H24N4/c1-3-13(15)12-5-6-14(16-11-12)18-9-7-17(4-2)8-10-18/h5-6,11,13H,3-4,7-10,15H2,1-2H3/t13-/m1/s1. The van der Waals surface area contributed by atoms with Crippen molar-refractivity contribution in [1.82, 2.24) is 9.88 Å². The van der Waals surface area contributed by atoms with Gasteiger partial charge in [-0.3, -0.25) is 0 Å². The number of hydrogen-bond donors (Lipinski definition) is 1. The van der Waals surface area contributed by atoms with E-state index in [9.17, 15) is 0 Å². The van der Waals surface area contributed by atoms with E-state index in [1.165, 1.54) is 0 Å². The van der Waals surface area contributed by atoms with Crippen molar-refractivity contribution in [2.75, 3.05) is 37.6 Å². The van der Waals surface area contributed by atoms with Crippen LogP contribution in [0.3, 0.4) is 0 Å². The minimum absolute atomic E-state index is 0.114. The smallest absolute Gasteiger partial charge is 0.128 e. The van der Waals surface area contributed by atoms with Crippen molar-refractivity contribution in [2.45, 2.75) is 26.3 Å². The number of nitrogens with zero attached hydrogens (tertiary/aromatic N) is 3. The van der Waals surface area contributed by atoms with E-state index in [2.05, 4.69) is 40.8 Å². The molecule has 0 spiro atoms. The minimum atomic E-state index is 0.114. The summed E-state index contributed by atoms with van der Waals surface area (Å²) in [7, 11) is 0. The Morgan fingerprint density at radius 1 is 1.22 bits per heavy atom. The van der Waals surface area contributed by atoms with E-state index < -0.39 is 0 Å². The van der Waals surface area contributed by atoms with Gasteiger partial charge in [0.05, 0.1) is 0 Å². The first-order valence-electron chi connectivity index (χ1n) is 6.93. The van der Waals surface area contributed by atoms with E-state index in [4.69, 9.17) is 5.73 Å². The van der Waals surface area contributed by atoms with Gasteiger partial charge in [-0.25, -0.2) is 4.98 Å². The van der Waals surface area contributed by atoms with Gasteiger partial charge in [0, 0.05) is 38.4 Å². The monoisotopic (exact) mass is 248 g/mol. The predicted octanol–water partition coefficient (Wildman–Crippen LogP) is 1.63. The topological polar surface area (TPSA) is 45.4 Å². The highest BCUT2D eigenvalue weighted by atomic mass is 15.3. The Morgan fingerprint density at radius 2 is 1.94 bits per heavy atom. The fourth-order valence-corrected chi connectivity index (χ4v) is 2.33. The molecule has 4 nitrogen and oxygen atoms in total. The molecular weight excluding hydrogens is 224 g/mol. The molecule has 0 aliphatic carbocycles. The van der Waals surface area contributed by atoms with Gasteiger partial charge in [-0.2, -0.15) is 0 Å². The van der Waals surface area contributed by atoms with Crippen molar-refractivity contribution < 1.29 is 0 Å². The van der Waals surface area contributed by atoms with Crippen molar-refractivity contribution in [3.05, 3.63) is 23.9 Å². The first kappa shape index (κ1) is 13.3. The van der Waals surface area contributed by atoms with E-state index in [-0.39, 0.29) is 6.04 Å². The summed E-state index contributed by atoms with van der Waals surface area (Å²) in [6.45, 7) is 9.87. The summed E-state index contributed by atoms with van der Waals surface area (Å²) in [5.74, 6) is 1.08. The Morgan fingerprint density at radius 3 is 2.44 bits per heavy atom. The first-order chi connectivity index (χ1) is 8.74. The van der Waals surface area contributed by atoms with Crippen LogP contribution in [0.15, 0.2) is 18.3 Å². The molecule has 0 aromatic carbocycles. The third-order valence-electron chi connectivity index (χ3n) is 3.78. The van der Waals surface area contributed by atoms with Gasteiger partial charge in [0.2, 0.25) is 0 Å². The normalized spacial score (nSPS) is 18.9. The van der Waals surface area contributed by atoms with E-state index in [1.54, 1.807) is 0 Å².